The van der Waals surface area contributed by atoms with E-state index in [9.17, 15) is 10.1 Å². The highest BCUT2D eigenvalue weighted by Crippen LogP contribution is 2.20. The van der Waals surface area contributed by atoms with E-state index in [0.29, 0.717) is 18.8 Å². The Morgan fingerprint density at radius 2 is 1.59 bits per heavy atom. The van der Waals surface area contributed by atoms with Gasteiger partial charge in [-0.15, -0.1) is 6.42 Å². The number of hydrogen-bond acceptors (Lipinski definition) is 4. The highest BCUT2D eigenvalue weighted by molar-refractivity contribution is 6.69. The molecule has 0 atom stereocenters. The lowest BCUT2D eigenvalue weighted by molar-refractivity contribution is -0.416. The Labute approximate surface area is 164 Å². The molecular weight excluding hydrogens is 362 g/mol. The fraction of sp³-hybridized carbons (Fsp3) is 0.190. The lowest BCUT2D eigenvalue weighted by atomic mass is 10.1. The van der Waals surface area contributed by atoms with E-state index in [1.165, 1.54) is 0 Å². The summed E-state index contributed by atoms with van der Waals surface area (Å²) in [5.41, 5.74) is 2.26. The van der Waals surface area contributed by atoms with Crippen molar-refractivity contribution in [3.63, 3.8) is 0 Å². The Kier molecular flexibility index (Phi) is 7.60. The van der Waals surface area contributed by atoms with Crippen molar-refractivity contribution in [2.75, 3.05) is 6.54 Å². The summed E-state index contributed by atoms with van der Waals surface area (Å²) in [5.74, 6) is 2.31. The highest BCUT2D eigenvalue weighted by Gasteiger charge is 2.25. The first-order valence-electron chi connectivity index (χ1n) is 8.34. The normalized spacial score (nSPS) is 12.1. The average molecular weight is 382 g/mol. The van der Waals surface area contributed by atoms with E-state index in [2.05, 4.69) is 10.9 Å². The third-order valence-electron chi connectivity index (χ3n) is 3.94. The second kappa shape index (κ2) is 10.1. The third kappa shape index (κ3) is 5.98. The van der Waals surface area contributed by atoms with E-state index >= 15 is 0 Å². The van der Waals surface area contributed by atoms with Crippen LogP contribution in [0, 0.1) is 22.5 Å². The zero-order valence-corrected chi connectivity index (χ0v) is 15.8. The number of nitro groups is 1. The molecule has 0 aliphatic heterocycles. The number of hydrogen-bond donors (Lipinski definition) is 0. The Balaban J connectivity index is 2.45. The van der Waals surface area contributed by atoms with E-state index in [0.717, 1.165) is 11.1 Å². The van der Waals surface area contributed by atoms with Gasteiger partial charge in [-0.3, -0.25) is 15.1 Å². The molecule has 0 aliphatic carbocycles. The SMILES string of the molecule is C#CC/N=C(Cl)\C(=C(/C)N(Cc1ccccc1)Cc1ccccc1)[N+](=O)[O-]. The molecule has 5 nitrogen and oxygen atoms in total. The summed E-state index contributed by atoms with van der Waals surface area (Å²) >= 11 is 6.09. The van der Waals surface area contributed by atoms with Gasteiger partial charge in [0.05, 0.1) is 10.6 Å². The van der Waals surface area contributed by atoms with Gasteiger partial charge in [-0.25, -0.2) is 0 Å². The molecule has 0 saturated heterocycles. The molecule has 0 heterocycles. The highest BCUT2D eigenvalue weighted by atomic mass is 35.5. The molecule has 2 rings (SSSR count). The molecule has 0 fully saturated rings. The number of nitrogens with zero attached hydrogens (tertiary/aromatic N) is 3. The smallest absolute Gasteiger partial charge is 0.324 e. The minimum atomic E-state index is -0.513. The third-order valence-corrected chi connectivity index (χ3v) is 4.24. The molecule has 0 amide bonds. The van der Waals surface area contributed by atoms with E-state index < -0.39 is 4.92 Å². The molecule has 0 aromatic heterocycles. The number of benzene rings is 2. The molecule has 0 bridgehead atoms. The first-order valence-corrected chi connectivity index (χ1v) is 8.72. The zero-order valence-electron chi connectivity index (χ0n) is 15.0. The van der Waals surface area contributed by atoms with Crippen molar-refractivity contribution in [2.24, 2.45) is 4.99 Å². The van der Waals surface area contributed by atoms with Crippen LogP contribution in [-0.4, -0.2) is 21.5 Å². The maximum atomic E-state index is 11.7. The molecule has 27 heavy (non-hydrogen) atoms. The molecule has 0 spiro atoms. The molecule has 0 aliphatic rings. The Morgan fingerprint density at radius 3 is 2.00 bits per heavy atom. The number of halogens is 1. The number of terminal acetylenes is 1. The first-order chi connectivity index (χ1) is 13.0. The predicted octanol–water partition coefficient (Wildman–Crippen LogP) is 4.47. The first kappa shape index (κ1) is 20.2. The van der Waals surface area contributed by atoms with Gasteiger partial charge in [0.2, 0.25) is 5.17 Å². The van der Waals surface area contributed by atoms with Crippen LogP contribution in [0.3, 0.4) is 0 Å². The molecule has 138 valence electrons. The van der Waals surface area contributed by atoms with Gasteiger partial charge in [-0.05, 0) is 18.1 Å². The molecule has 6 heteroatoms. The van der Waals surface area contributed by atoms with Crippen LogP contribution in [0.5, 0.6) is 0 Å². The van der Waals surface area contributed by atoms with Gasteiger partial charge < -0.3 is 4.90 Å². The van der Waals surface area contributed by atoms with Gasteiger partial charge in [-0.1, -0.05) is 78.2 Å². The van der Waals surface area contributed by atoms with Crippen molar-refractivity contribution in [1.29, 1.82) is 0 Å². The lowest BCUT2D eigenvalue weighted by Crippen LogP contribution is -2.25. The average Bonchev–Trinajstić information content (AvgIpc) is 2.67. The van der Waals surface area contributed by atoms with Gasteiger partial charge in [-0.2, -0.15) is 0 Å². The molecule has 0 saturated carbocycles. The maximum absolute atomic E-state index is 11.7. The van der Waals surface area contributed by atoms with Crippen molar-refractivity contribution >= 4 is 16.8 Å². The van der Waals surface area contributed by atoms with E-state index in [4.69, 9.17) is 18.0 Å². The molecule has 0 unspecified atom stereocenters. The summed E-state index contributed by atoms with van der Waals surface area (Å²) in [6.45, 7) is 2.66. The topological polar surface area (TPSA) is 58.7 Å². The second-order valence-corrected chi connectivity index (χ2v) is 6.19. The monoisotopic (exact) mass is 381 g/mol. The molecule has 0 N–H and O–H groups in total. The van der Waals surface area contributed by atoms with E-state index in [1.807, 2.05) is 65.6 Å². The van der Waals surface area contributed by atoms with Gasteiger partial charge in [0.1, 0.15) is 6.54 Å². The van der Waals surface area contributed by atoms with Crippen LogP contribution < -0.4 is 0 Å². The van der Waals surface area contributed by atoms with Gasteiger partial charge in [0, 0.05) is 13.1 Å². The number of allylic oxidation sites excluding steroid dienone is 2. The van der Waals surface area contributed by atoms with Crippen LogP contribution in [0.25, 0.3) is 0 Å². The second-order valence-electron chi connectivity index (χ2n) is 5.83. The largest absolute Gasteiger partial charge is 0.361 e. The van der Waals surface area contributed by atoms with E-state index in [-0.39, 0.29) is 17.4 Å². The lowest BCUT2D eigenvalue weighted by Gasteiger charge is -2.25. The fourth-order valence-corrected chi connectivity index (χ4v) is 2.86. The maximum Gasteiger partial charge on any atom is 0.324 e. The molecule has 2 aromatic rings. The fourth-order valence-electron chi connectivity index (χ4n) is 2.60. The van der Waals surface area contributed by atoms with Crippen molar-refractivity contribution in [3.8, 4) is 12.3 Å². The van der Waals surface area contributed by atoms with Gasteiger partial charge in [0.15, 0.2) is 0 Å². The summed E-state index contributed by atoms with van der Waals surface area (Å²) in [7, 11) is 0. The summed E-state index contributed by atoms with van der Waals surface area (Å²) in [5, 5.41) is 11.5. The quantitative estimate of drug-likeness (QED) is 0.293. The summed E-state index contributed by atoms with van der Waals surface area (Å²) in [6.07, 6.45) is 5.18. The summed E-state index contributed by atoms with van der Waals surface area (Å²) < 4.78 is 0. The molecule has 0 radical (unpaired) electrons. The Hall–Kier alpha value is -3.10. The van der Waals surface area contributed by atoms with Gasteiger partial charge >= 0.3 is 5.70 Å². The van der Waals surface area contributed by atoms with Crippen molar-refractivity contribution in [1.82, 2.24) is 4.90 Å². The van der Waals surface area contributed by atoms with Gasteiger partial charge in [0.25, 0.3) is 0 Å². The van der Waals surface area contributed by atoms with Crippen molar-refractivity contribution < 1.29 is 4.92 Å². The predicted molar refractivity (Wildman–Crippen MR) is 109 cm³/mol. The van der Waals surface area contributed by atoms with Crippen LogP contribution in [0.1, 0.15) is 18.1 Å². The van der Waals surface area contributed by atoms with Crippen LogP contribution >= 0.6 is 11.6 Å². The van der Waals surface area contributed by atoms with Crippen LogP contribution in [-0.2, 0) is 13.1 Å². The van der Waals surface area contributed by atoms with E-state index in [1.54, 1.807) is 6.92 Å². The summed E-state index contributed by atoms with van der Waals surface area (Å²) in [4.78, 5) is 17.0. The molecule has 2 aromatic carbocycles. The Morgan fingerprint density at radius 1 is 1.11 bits per heavy atom. The van der Waals surface area contributed by atoms with Crippen LogP contribution in [0.2, 0.25) is 0 Å². The van der Waals surface area contributed by atoms with Crippen molar-refractivity contribution in [2.45, 2.75) is 20.0 Å². The minimum Gasteiger partial charge on any atom is -0.361 e. The number of rotatable bonds is 8. The van der Waals surface area contributed by atoms with Crippen molar-refractivity contribution in [3.05, 3.63) is 93.3 Å². The standard InChI is InChI=1S/C21H20ClN3O2/c1-3-14-23-21(22)20(25(26)27)17(2)24(15-18-10-6-4-7-11-18)16-19-12-8-5-9-13-19/h1,4-13H,14-16H2,2H3/b20-17-,23-21+. The number of aliphatic imine (C=N–C) groups is 1. The Bertz CT molecular complexity index is 830. The summed E-state index contributed by atoms with van der Waals surface area (Å²) in [6, 6.07) is 19.5. The minimum absolute atomic E-state index is 0.0131. The van der Waals surface area contributed by atoms with Crippen LogP contribution in [0.4, 0.5) is 0 Å². The molecular formula is C21H20ClN3O2. The zero-order chi connectivity index (χ0) is 19.6. The van der Waals surface area contributed by atoms with Crippen LogP contribution in [0.15, 0.2) is 77.1 Å².